The Balaban J connectivity index is 2.15. The van der Waals surface area contributed by atoms with Crippen molar-refractivity contribution in [1.29, 1.82) is 0 Å². The lowest BCUT2D eigenvalue weighted by molar-refractivity contribution is -0.118. The first-order valence-electron chi connectivity index (χ1n) is 5.82. The standard InChI is InChI=1S/C14H14N2O3/c1-10(17)15-7-2-3-11-4-5-13(18)12(9-11)14-6-8-16-19-14/h2-6,8-9,18H,7H2,1H3,(H,15,17). The number of nitrogens with zero attached hydrogens (tertiary/aromatic N) is 1. The largest absolute Gasteiger partial charge is 0.507 e. The molecule has 0 saturated heterocycles. The van der Waals surface area contributed by atoms with Crippen LogP contribution in [0.1, 0.15) is 12.5 Å². The molecule has 5 heteroatoms. The second-order valence-electron chi connectivity index (χ2n) is 3.99. The van der Waals surface area contributed by atoms with E-state index in [9.17, 15) is 9.90 Å². The van der Waals surface area contributed by atoms with E-state index < -0.39 is 0 Å². The lowest BCUT2D eigenvalue weighted by Gasteiger charge is -2.02. The van der Waals surface area contributed by atoms with Crippen LogP contribution in [0.3, 0.4) is 0 Å². The van der Waals surface area contributed by atoms with Crippen LogP contribution in [-0.4, -0.2) is 22.7 Å². The average Bonchev–Trinajstić information content (AvgIpc) is 2.90. The van der Waals surface area contributed by atoms with Crippen molar-refractivity contribution >= 4 is 12.0 Å². The molecule has 0 bridgehead atoms. The molecule has 98 valence electrons. The zero-order chi connectivity index (χ0) is 13.7. The van der Waals surface area contributed by atoms with Crippen LogP contribution in [0.5, 0.6) is 5.75 Å². The normalized spacial score (nSPS) is 10.8. The number of aromatic hydroxyl groups is 1. The fourth-order valence-electron chi connectivity index (χ4n) is 1.61. The van der Waals surface area contributed by atoms with Crippen molar-refractivity contribution in [2.24, 2.45) is 0 Å². The molecule has 0 aliphatic rings. The number of benzene rings is 1. The molecule has 0 radical (unpaired) electrons. The van der Waals surface area contributed by atoms with Gasteiger partial charge in [0.2, 0.25) is 5.91 Å². The van der Waals surface area contributed by atoms with Gasteiger partial charge in [0.15, 0.2) is 5.76 Å². The SMILES string of the molecule is CC(=O)NCC=Cc1ccc(O)c(-c2ccno2)c1. The summed E-state index contributed by atoms with van der Waals surface area (Å²) in [5.74, 6) is 0.572. The minimum absolute atomic E-state index is 0.0716. The second kappa shape index (κ2) is 5.86. The number of carbonyl (C=O) groups excluding carboxylic acids is 1. The summed E-state index contributed by atoms with van der Waals surface area (Å²) in [4.78, 5) is 10.7. The molecule has 5 nitrogen and oxygen atoms in total. The van der Waals surface area contributed by atoms with Gasteiger partial charge in [-0.2, -0.15) is 0 Å². The minimum Gasteiger partial charge on any atom is -0.507 e. The molecule has 19 heavy (non-hydrogen) atoms. The summed E-state index contributed by atoms with van der Waals surface area (Å²) >= 11 is 0. The van der Waals surface area contributed by atoms with Gasteiger partial charge in [0.05, 0.1) is 11.8 Å². The van der Waals surface area contributed by atoms with Gasteiger partial charge in [0, 0.05) is 19.5 Å². The summed E-state index contributed by atoms with van der Waals surface area (Å²) in [6.45, 7) is 1.93. The molecule has 0 spiro atoms. The molecule has 2 rings (SSSR count). The topological polar surface area (TPSA) is 75.4 Å². The van der Waals surface area contributed by atoms with Crippen LogP contribution in [0.2, 0.25) is 0 Å². The van der Waals surface area contributed by atoms with Crippen LogP contribution in [0.4, 0.5) is 0 Å². The van der Waals surface area contributed by atoms with Crippen LogP contribution in [0, 0.1) is 0 Å². The fraction of sp³-hybridized carbons (Fsp3) is 0.143. The van der Waals surface area contributed by atoms with E-state index in [1.54, 1.807) is 24.3 Å². The number of rotatable bonds is 4. The fourth-order valence-corrected chi connectivity index (χ4v) is 1.61. The van der Waals surface area contributed by atoms with Crippen molar-refractivity contribution in [1.82, 2.24) is 10.5 Å². The molecular weight excluding hydrogens is 244 g/mol. The van der Waals surface area contributed by atoms with Gasteiger partial charge in [-0.1, -0.05) is 23.4 Å². The van der Waals surface area contributed by atoms with Crippen molar-refractivity contribution in [3.63, 3.8) is 0 Å². The Hall–Kier alpha value is -2.56. The quantitative estimate of drug-likeness (QED) is 0.881. The molecule has 2 aromatic rings. The Bertz CT molecular complexity index is 589. The summed E-state index contributed by atoms with van der Waals surface area (Å²) in [6.07, 6.45) is 5.21. The summed E-state index contributed by atoms with van der Waals surface area (Å²) in [5, 5.41) is 16.1. The van der Waals surface area contributed by atoms with Gasteiger partial charge in [0.25, 0.3) is 0 Å². The first kappa shape index (κ1) is 12.9. The van der Waals surface area contributed by atoms with Crippen molar-refractivity contribution in [3.8, 4) is 17.1 Å². The zero-order valence-corrected chi connectivity index (χ0v) is 10.5. The molecule has 0 aliphatic heterocycles. The van der Waals surface area contributed by atoms with Crippen LogP contribution in [-0.2, 0) is 4.79 Å². The predicted octanol–water partition coefficient (Wildman–Crippen LogP) is 2.20. The van der Waals surface area contributed by atoms with Crippen LogP contribution >= 0.6 is 0 Å². The van der Waals surface area contributed by atoms with Gasteiger partial charge >= 0.3 is 0 Å². The number of nitrogens with one attached hydrogen (secondary N) is 1. The lowest BCUT2D eigenvalue weighted by Crippen LogP contribution is -2.19. The summed E-state index contributed by atoms with van der Waals surface area (Å²) in [6, 6.07) is 6.84. The van der Waals surface area contributed by atoms with Crippen molar-refractivity contribution in [3.05, 3.63) is 42.1 Å². The molecule has 1 heterocycles. The summed E-state index contributed by atoms with van der Waals surface area (Å²) < 4.78 is 5.02. The van der Waals surface area contributed by atoms with Crippen molar-refractivity contribution < 1.29 is 14.4 Å². The lowest BCUT2D eigenvalue weighted by atomic mass is 10.1. The number of hydrogen-bond donors (Lipinski definition) is 2. The smallest absolute Gasteiger partial charge is 0.217 e. The van der Waals surface area contributed by atoms with E-state index in [-0.39, 0.29) is 11.7 Å². The highest BCUT2D eigenvalue weighted by molar-refractivity contribution is 5.73. The Morgan fingerprint density at radius 1 is 1.47 bits per heavy atom. The van der Waals surface area contributed by atoms with Crippen LogP contribution in [0.25, 0.3) is 17.4 Å². The first-order valence-corrected chi connectivity index (χ1v) is 5.82. The second-order valence-corrected chi connectivity index (χ2v) is 3.99. The number of amides is 1. The first-order chi connectivity index (χ1) is 9.16. The zero-order valence-electron chi connectivity index (χ0n) is 10.5. The number of phenols is 1. The molecule has 1 amide bonds. The highest BCUT2D eigenvalue weighted by Gasteiger charge is 2.07. The highest BCUT2D eigenvalue weighted by atomic mass is 16.5. The number of hydrogen-bond acceptors (Lipinski definition) is 4. The molecule has 1 aromatic carbocycles. The predicted molar refractivity (Wildman–Crippen MR) is 71.3 cm³/mol. The van der Waals surface area contributed by atoms with Crippen molar-refractivity contribution in [2.75, 3.05) is 6.54 Å². The average molecular weight is 258 g/mol. The number of phenolic OH excluding ortho intramolecular Hbond substituents is 1. The van der Waals surface area contributed by atoms with E-state index in [0.29, 0.717) is 17.9 Å². The van der Waals surface area contributed by atoms with Gasteiger partial charge < -0.3 is 14.9 Å². The molecule has 0 atom stereocenters. The molecule has 0 unspecified atom stereocenters. The van der Waals surface area contributed by atoms with E-state index in [0.717, 1.165) is 5.56 Å². The Morgan fingerprint density at radius 2 is 2.32 bits per heavy atom. The van der Waals surface area contributed by atoms with Gasteiger partial charge in [-0.25, -0.2) is 0 Å². The molecule has 0 saturated carbocycles. The van der Waals surface area contributed by atoms with Crippen LogP contribution in [0.15, 0.2) is 41.1 Å². The van der Waals surface area contributed by atoms with Gasteiger partial charge in [0.1, 0.15) is 5.75 Å². The third kappa shape index (κ3) is 3.45. The maximum atomic E-state index is 10.7. The van der Waals surface area contributed by atoms with E-state index >= 15 is 0 Å². The number of aromatic nitrogens is 1. The van der Waals surface area contributed by atoms with E-state index in [1.165, 1.54) is 13.1 Å². The molecular formula is C14H14N2O3. The third-order valence-corrected chi connectivity index (χ3v) is 2.50. The van der Waals surface area contributed by atoms with E-state index in [1.807, 2.05) is 12.2 Å². The van der Waals surface area contributed by atoms with E-state index in [2.05, 4.69) is 10.5 Å². The Kier molecular flexibility index (Phi) is 3.97. The van der Waals surface area contributed by atoms with Gasteiger partial charge in [-0.15, -0.1) is 0 Å². The number of carbonyl (C=O) groups is 1. The maximum absolute atomic E-state index is 10.7. The summed E-state index contributed by atoms with van der Waals surface area (Å²) in [5.41, 5.74) is 1.48. The molecule has 1 aromatic heterocycles. The Morgan fingerprint density at radius 3 is 3.00 bits per heavy atom. The summed E-state index contributed by atoms with van der Waals surface area (Å²) in [7, 11) is 0. The monoisotopic (exact) mass is 258 g/mol. The molecule has 0 aliphatic carbocycles. The molecule has 2 N–H and O–H groups in total. The minimum atomic E-state index is -0.0716. The van der Waals surface area contributed by atoms with Gasteiger partial charge in [-0.05, 0) is 17.7 Å². The van der Waals surface area contributed by atoms with Gasteiger partial charge in [-0.3, -0.25) is 4.79 Å². The van der Waals surface area contributed by atoms with E-state index in [4.69, 9.17) is 4.52 Å². The highest BCUT2D eigenvalue weighted by Crippen LogP contribution is 2.29. The maximum Gasteiger partial charge on any atom is 0.217 e. The van der Waals surface area contributed by atoms with Crippen molar-refractivity contribution in [2.45, 2.75) is 6.92 Å². The van der Waals surface area contributed by atoms with Crippen LogP contribution < -0.4 is 5.32 Å². The molecule has 0 fully saturated rings. The Labute approximate surface area is 110 Å². The third-order valence-electron chi connectivity index (χ3n) is 2.50.